The van der Waals surface area contributed by atoms with Crippen LogP contribution in [-0.2, 0) is 10.2 Å². The Morgan fingerprint density at radius 1 is 1.31 bits per heavy atom. The normalized spacial score (nSPS) is 11.7. The molecular weight excluding hydrogens is 404 g/mol. The van der Waals surface area contributed by atoms with Crippen molar-refractivity contribution in [3.63, 3.8) is 0 Å². The number of ether oxygens (including phenoxy) is 1. The summed E-state index contributed by atoms with van der Waals surface area (Å²) < 4.78 is 5.38. The fraction of sp³-hybridized carbons (Fsp3) is 0.286. The third-order valence-corrected chi connectivity index (χ3v) is 5.79. The van der Waals surface area contributed by atoms with E-state index in [0.717, 1.165) is 10.4 Å². The van der Waals surface area contributed by atoms with Crippen LogP contribution in [0.3, 0.4) is 0 Å². The van der Waals surface area contributed by atoms with Gasteiger partial charge in [-0.1, -0.05) is 44.7 Å². The number of aromatic nitrogens is 3. The number of methoxy groups -OCH3 is 1. The number of aromatic amines is 1. The predicted molar refractivity (Wildman–Crippen MR) is 121 cm³/mol. The monoisotopic (exact) mass is 428 g/mol. The maximum Gasteiger partial charge on any atom is 0.234 e. The second-order valence-corrected chi connectivity index (χ2v) is 9.28. The number of H-pyrrole nitrogens is 1. The zero-order chi connectivity index (χ0) is 20.9. The first-order chi connectivity index (χ1) is 13.8. The molecule has 1 aromatic carbocycles. The maximum absolute atomic E-state index is 12.4. The third-order valence-electron chi connectivity index (χ3n) is 4.10. The van der Waals surface area contributed by atoms with Crippen molar-refractivity contribution in [2.24, 2.45) is 0 Å². The molecule has 152 valence electrons. The van der Waals surface area contributed by atoms with E-state index in [9.17, 15) is 4.79 Å². The highest BCUT2D eigenvalue weighted by Gasteiger charge is 2.17. The van der Waals surface area contributed by atoms with E-state index in [1.807, 2.05) is 47.9 Å². The molecule has 1 amide bonds. The zero-order valence-corrected chi connectivity index (χ0v) is 18.5. The number of carbonyl (C=O) groups excluding carboxylic acids is 1. The summed E-state index contributed by atoms with van der Waals surface area (Å²) in [5.74, 6) is 1.35. The third kappa shape index (κ3) is 5.95. The molecule has 2 aromatic heterocycles. The Labute approximate surface area is 178 Å². The Bertz CT molecular complexity index is 989. The Kier molecular flexibility index (Phi) is 6.76. The molecule has 0 saturated carbocycles. The van der Waals surface area contributed by atoms with E-state index in [2.05, 4.69) is 41.3 Å². The lowest BCUT2D eigenvalue weighted by Gasteiger charge is -2.21. The highest BCUT2D eigenvalue weighted by Crippen LogP contribution is 2.31. The molecule has 3 rings (SSSR count). The van der Waals surface area contributed by atoms with Crippen molar-refractivity contribution in [2.75, 3.05) is 18.2 Å². The van der Waals surface area contributed by atoms with Gasteiger partial charge in [0.25, 0.3) is 0 Å². The largest absolute Gasteiger partial charge is 0.495 e. The summed E-state index contributed by atoms with van der Waals surface area (Å²) >= 11 is 2.93. The molecule has 0 aliphatic carbocycles. The second kappa shape index (κ2) is 9.28. The molecule has 0 spiro atoms. The minimum Gasteiger partial charge on any atom is -0.495 e. The van der Waals surface area contributed by atoms with Crippen LogP contribution in [0, 0.1) is 0 Å². The van der Waals surface area contributed by atoms with Gasteiger partial charge >= 0.3 is 0 Å². The van der Waals surface area contributed by atoms with Crippen LogP contribution in [0.5, 0.6) is 5.75 Å². The molecule has 29 heavy (non-hydrogen) atoms. The smallest absolute Gasteiger partial charge is 0.234 e. The van der Waals surface area contributed by atoms with Gasteiger partial charge in [-0.05, 0) is 46.7 Å². The lowest BCUT2D eigenvalue weighted by molar-refractivity contribution is -0.113. The van der Waals surface area contributed by atoms with Gasteiger partial charge in [0.15, 0.2) is 0 Å². The number of hydrogen-bond donors (Lipinski definition) is 2. The first kappa shape index (κ1) is 21.1. The van der Waals surface area contributed by atoms with Gasteiger partial charge < -0.3 is 10.1 Å². The Balaban J connectivity index is 1.59. The number of amides is 1. The van der Waals surface area contributed by atoms with Crippen LogP contribution in [-0.4, -0.2) is 34.0 Å². The van der Waals surface area contributed by atoms with Crippen molar-refractivity contribution in [3.8, 4) is 5.75 Å². The van der Waals surface area contributed by atoms with Crippen molar-refractivity contribution in [1.82, 2.24) is 15.2 Å². The first-order valence-corrected chi connectivity index (χ1v) is 11.0. The van der Waals surface area contributed by atoms with Gasteiger partial charge in [-0.3, -0.25) is 9.89 Å². The standard InChI is InChI=1S/C21H24N4O2S2/c1-21(2,3)14-7-9-17(27-4)16(12-14)22-19(26)13-29-20-23-18(24-25-20)10-8-15-6-5-11-28-15/h5-12H,13H2,1-4H3,(H,22,26)(H,23,24,25)/b10-8+. The summed E-state index contributed by atoms with van der Waals surface area (Å²) in [6, 6.07) is 9.88. The summed E-state index contributed by atoms with van der Waals surface area (Å²) in [7, 11) is 1.59. The van der Waals surface area contributed by atoms with Crippen LogP contribution in [0.25, 0.3) is 12.2 Å². The van der Waals surface area contributed by atoms with E-state index in [1.165, 1.54) is 11.8 Å². The van der Waals surface area contributed by atoms with Crippen molar-refractivity contribution in [2.45, 2.75) is 31.3 Å². The van der Waals surface area contributed by atoms with Gasteiger partial charge in [0, 0.05) is 4.88 Å². The summed E-state index contributed by atoms with van der Waals surface area (Å²) in [4.78, 5) is 18.0. The number of nitrogens with one attached hydrogen (secondary N) is 2. The van der Waals surface area contributed by atoms with E-state index >= 15 is 0 Å². The SMILES string of the molecule is COc1ccc(C(C)(C)C)cc1NC(=O)CSc1n[nH]c(/C=C/c2cccs2)n1. The van der Waals surface area contributed by atoms with Crippen molar-refractivity contribution in [3.05, 3.63) is 52.0 Å². The van der Waals surface area contributed by atoms with Crippen molar-refractivity contribution in [1.29, 1.82) is 0 Å². The molecular formula is C21H24N4O2S2. The van der Waals surface area contributed by atoms with Crippen LogP contribution < -0.4 is 10.1 Å². The number of rotatable bonds is 7. The average Bonchev–Trinajstić information content (AvgIpc) is 3.35. The van der Waals surface area contributed by atoms with Crippen LogP contribution in [0.4, 0.5) is 5.69 Å². The highest BCUT2D eigenvalue weighted by molar-refractivity contribution is 7.99. The number of hydrogen-bond acceptors (Lipinski definition) is 6. The first-order valence-electron chi connectivity index (χ1n) is 9.10. The molecule has 0 aliphatic heterocycles. The minimum absolute atomic E-state index is 0.0213. The van der Waals surface area contributed by atoms with Gasteiger partial charge in [0.1, 0.15) is 11.6 Å². The summed E-state index contributed by atoms with van der Waals surface area (Å²) in [6.45, 7) is 6.39. The Morgan fingerprint density at radius 2 is 2.14 bits per heavy atom. The predicted octanol–water partition coefficient (Wildman–Crippen LogP) is 5.07. The highest BCUT2D eigenvalue weighted by atomic mass is 32.2. The van der Waals surface area contributed by atoms with Gasteiger partial charge in [-0.25, -0.2) is 4.98 Å². The molecule has 2 N–H and O–H groups in total. The Hall–Kier alpha value is -2.58. The average molecular weight is 429 g/mol. The summed E-state index contributed by atoms with van der Waals surface area (Å²) in [5.41, 5.74) is 1.77. The zero-order valence-electron chi connectivity index (χ0n) is 16.9. The molecule has 0 saturated heterocycles. The molecule has 8 heteroatoms. The van der Waals surface area contributed by atoms with E-state index in [0.29, 0.717) is 22.4 Å². The minimum atomic E-state index is -0.139. The van der Waals surface area contributed by atoms with E-state index in [4.69, 9.17) is 4.74 Å². The summed E-state index contributed by atoms with van der Waals surface area (Å²) in [6.07, 6.45) is 3.84. The maximum atomic E-state index is 12.4. The van der Waals surface area contributed by atoms with E-state index < -0.39 is 0 Å². The van der Waals surface area contributed by atoms with E-state index in [1.54, 1.807) is 18.4 Å². The van der Waals surface area contributed by atoms with Crippen LogP contribution >= 0.6 is 23.1 Å². The fourth-order valence-corrected chi connectivity index (χ4v) is 3.76. The van der Waals surface area contributed by atoms with Gasteiger partial charge in [0.05, 0.1) is 18.6 Å². The number of carbonyl (C=O) groups is 1. The molecule has 0 bridgehead atoms. The van der Waals surface area contributed by atoms with Crippen molar-refractivity contribution >= 4 is 46.8 Å². The topological polar surface area (TPSA) is 79.9 Å². The van der Waals surface area contributed by atoms with Gasteiger partial charge in [-0.2, -0.15) is 0 Å². The quantitative estimate of drug-likeness (QED) is 0.513. The Morgan fingerprint density at radius 3 is 2.83 bits per heavy atom. The fourth-order valence-electron chi connectivity index (χ4n) is 2.53. The second-order valence-electron chi connectivity index (χ2n) is 7.35. The molecule has 0 radical (unpaired) electrons. The van der Waals surface area contributed by atoms with Gasteiger partial charge in [-0.15, -0.1) is 16.4 Å². The lowest BCUT2D eigenvalue weighted by atomic mass is 9.87. The van der Waals surface area contributed by atoms with Crippen molar-refractivity contribution < 1.29 is 9.53 Å². The van der Waals surface area contributed by atoms with Gasteiger partial charge in [0.2, 0.25) is 11.1 Å². The number of anilines is 1. The molecule has 0 aliphatic rings. The molecule has 3 aromatic rings. The molecule has 0 unspecified atom stereocenters. The molecule has 0 fully saturated rings. The molecule has 6 nitrogen and oxygen atoms in total. The van der Waals surface area contributed by atoms with E-state index in [-0.39, 0.29) is 17.1 Å². The number of nitrogens with zero attached hydrogens (tertiary/aromatic N) is 2. The van der Waals surface area contributed by atoms with Crippen LogP contribution in [0.15, 0.2) is 40.9 Å². The van der Waals surface area contributed by atoms with Crippen LogP contribution in [0.2, 0.25) is 0 Å². The number of thioether (sulfide) groups is 1. The number of thiophene rings is 1. The molecule has 0 atom stereocenters. The summed E-state index contributed by atoms with van der Waals surface area (Å²) in [5, 5.41) is 12.5. The van der Waals surface area contributed by atoms with Crippen LogP contribution in [0.1, 0.15) is 37.0 Å². The molecule has 2 heterocycles. The lowest BCUT2D eigenvalue weighted by Crippen LogP contribution is -2.17. The number of benzene rings is 1.